The fourth-order valence-electron chi connectivity index (χ4n) is 3.23. The third-order valence-electron chi connectivity index (χ3n) is 4.68. The monoisotopic (exact) mass is 375 g/mol. The van der Waals surface area contributed by atoms with Gasteiger partial charge >= 0.3 is 0 Å². The van der Waals surface area contributed by atoms with E-state index in [1.165, 1.54) is 4.31 Å². The van der Waals surface area contributed by atoms with Crippen LogP contribution in [0.3, 0.4) is 0 Å². The van der Waals surface area contributed by atoms with Crippen LogP contribution in [0, 0.1) is 13.8 Å². The summed E-state index contributed by atoms with van der Waals surface area (Å²) in [7, 11) is -2.02. The number of hydrogen-bond acceptors (Lipinski definition) is 4. The molecule has 2 aromatic rings. The number of hydrogen-bond donors (Lipinski definition) is 0. The van der Waals surface area contributed by atoms with Crippen molar-refractivity contribution in [1.82, 2.24) is 4.31 Å². The van der Waals surface area contributed by atoms with Crippen LogP contribution in [0.1, 0.15) is 29.7 Å². The van der Waals surface area contributed by atoms with E-state index in [-0.39, 0.29) is 17.1 Å². The van der Waals surface area contributed by atoms with Gasteiger partial charge in [0.2, 0.25) is 10.0 Å². The lowest BCUT2D eigenvalue weighted by atomic mass is 10.1. The van der Waals surface area contributed by atoms with Gasteiger partial charge in [0.05, 0.1) is 24.2 Å². The predicted molar refractivity (Wildman–Crippen MR) is 101 cm³/mol. The van der Waals surface area contributed by atoms with Crippen molar-refractivity contribution in [3.63, 3.8) is 0 Å². The maximum absolute atomic E-state index is 13.1. The zero-order valence-corrected chi connectivity index (χ0v) is 16.4. The highest BCUT2D eigenvalue weighted by atomic mass is 32.2. The molecule has 0 saturated carbocycles. The second kappa shape index (κ2) is 7.39. The van der Waals surface area contributed by atoms with Crippen LogP contribution in [0.4, 0.5) is 0 Å². The van der Waals surface area contributed by atoms with Crippen LogP contribution in [-0.2, 0) is 14.8 Å². The smallest absolute Gasteiger partial charge is 0.243 e. The molecule has 2 aromatic carbocycles. The summed E-state index contributed by atoms with van der Waals surface area (Å²) in [6.45, 7) is 6.42. The topological polar surface area (TPSA) is 55.8 Å². The summed E-state index contributed by atoms with van der Waals surface area (Å²) in [5, 5.41) is 0. The molecule has 0 aliphatic carbocycles. The van der Waals surface area contributed by atoms with Gasteiger partial charge < -0.3 is 9.47 Å². The molecule has 0 bridgehead atoms. The van der Waals surface area contributed by atoms with Crippen LogP contribution in [0.5, 0.6) is 5.75 Å². The van der Waals surface area contributed by atoms with Gasteiger partial charge in [-0.15, -0.1) is 0 Å². The molecule has 1 aliphatic rings. The molecule has 1 saturated heterocycles. The van der Waals surface area contributed by atoms with E-state index in [1.54, 1.807) is 25.3 Å². The maximum atomic E-state index is 13.1. The SMILES string of the molecule is COc1ccc(S(=O)(=O)N2CC(C)OC(c3ccc(C)cc3)C2)cc1C. The fraction of sp³-hybridized carbons (Fsp3) is 0.400. The molecule has 6 heteroatoms. The Hall–Kier alpha value is -1.89. The highest BCUT2D eigenvalue weighted by Gasteiger charge is 2.34. The summed E-state index contributed by atoms with van der Waals surface area (Å²) < 4.78 is 39.0. The van der Waals surface area contributed by atoms with Crippen molar-refractivity contribution >= 4 is 10.0 Å². The van der Waals surface area contributed by atoms with Crippen LogP contribution in [-0.4, -0.2) is 39.0 Å². The molecule has 1 aliphatic heterocycles. The second-order valence-corrected chi connectivity index (χ2v) is 8.74. The van der Waals surface area contributed by atoms with Crippen molar-refractivity contribution in [2.75, 3.05) is 20.2 Å². The van der Waals surface area contributed by atoms with Crippen molar-refractivity contribution in [3.05, 3.63) is 59.2 Å². The standard InChI is InChI=1S/C20H25NO4S/c1-14-5-7-17(8-6-14)20-13-21(12-16(3)25-20)26(22,23)18-9-10-19(24-4)15(2)11-18/h5-11,16,20H,12-13H2,1-4H3. The van der Waals surface area contributed by atoms with Crippen molar-refractivity contribution in [2.45, 2.75) is 37.9 Å². The molecular weight excluding hydrogens is 350 g/mol. The number of morpholine rings is 1. The Morgan fingerprint density at radius 1 is 1.08 bits per heavy atom. The third-order valence-corrected chi connectivity index (χ3v) is 6.51. The average Bonchev–Trinajstić information content (AvgIpc) is 2.61. The lowest BCUT2D eigenvalue weighted by Crippen LogP contribution is -2.45. The van der Waals surface area contributed by atoms with E-state index in [4.69, 9.17) is 9.47 Å². The van der Waals surface area contributed by atoms with E-state index in [1.807, 2.05) is 45.0 Å². The Bertz CT molecular complexity index is 877. The maximum Gasteiger partial charge on any atom is 0.243 e. The Kier molecular flexibility index (Phi) is 5.37. The first-order valence-corrected chi connectivity index (χ1v) is 10.1. The number of nitrogens with zero attached hydrogens (tertiary/aromatic N) is 1. The molecule has 140 valence electrons. The minimum Gasteiger partial charge on any atom is -0.496 e. The van der Waals surface area contributed by atoms with Gasteiger partial charge in [-0.2, -0.15) is 4.31 Å². The lowest BCUT2D eigenvalue weighted by molar-refractivity contribution is -0.0557. The lowest BCUT2D eigenvalue weighted by Gasteiger charge is -2.36. The minimum atomic E-state index is -3.59. The summed E-state index contributed by atoms with van der Waals surface area (Å²) >= 11 is 0. The Labute approximate surface area is 155 Å². The number of benzene rings is 2. The molecule has 0 radical (unpaired) electrons. The summed E-state index contributed by atoms with van der Waals surface area (Å²) in [5.74, 6) is 0.678. The first-order valence-electron chi connectivity index (χ1n) is 8.68. The summed E-state index contributed by atoms with van der Waals surface area (Å²) in [5.41, 5.74) is 2.95. The number of ether oxygens (including phenoxy) is 2. The molecule has 5 nitrogen and oxygen atoms in total. The Morgan fingerprint density at radius 3 is 2.38 bits per heavy atom. The Balaban J connectivity index is 1.89. The van der Waals surface area contributed by atoms with Crippen molar-refractivity contribution in [3.8, 4) is 5.75 Å². The van der Waals surface area contributed by atoms with Gasteiger partial charge in [0.1, 0.15) is 5.75 Å². The largest absolute Gasteiger partial charge is 0.496 e. The zero-order valence-electron chi connectivity index (χ0n) is 15.6. The molecule has 1 fully saturated rings. The summed E-state index contributed by atoms with van der Waals surface area (Å²) in [6.07, 6.45) is -0.447. The van der Waals surface area contributed by atoms with E-state index in [9.17, 15) is 8.42 Å². The van der Waals surface area contributed by atoms with E-state index < -0.39 is 10.0 Å². The van der Waals surface area contributed by atoms with E-state index in [2.05, 4.69) is 0 Å². The number of sulfonamides is 1. The number of rotatable bonds is 4. The van der Waals surface area contributed by atoms with Crippen LogP contribution in [0.2, 0.25) is 0 Å². The molecule has 0 amide bonds. The van der Waals surface area contributed by atoms with Gasteiger partial charge in [-0.25, -0.2) is 8.42 Å². The molecule has 0 N–H and O–H groups in total. The molecule has 0 aromatic heterocycles. The van der Waals surface area contributed by atoms with E-state index in [0.717, 1.165) is 16.7 Å². The van der Waals surface area contributed by atoms with Crippen LogP contribution in [0.15, 0.2) is 47.4 Å². The van der Waals surface area contributed by atoms with Crippen molar-refractivity contribution in [1.29, 1.82) is 0 Å². The molecule has 2 unspecified atom stereocenters. The van der Waals surface area contributed by atoms with Gasteiger partial charge in [0, 0.05) is 13.1 Å². The van der Waals surface area contributed by atoms with E-state index >= 15 is 0 Å². The molecule has 1 heterocycles. The summed E-state index contributed by atoms with van der Waals surface area (Å²) in [4.78, 5) is 0.285. The zero-order chi connectivity index (χ0) is 18.9. The van der Waals surface area contributed by atoms with Gasteiger partial charge in [0.15, 0.2) is 0 Å². The molecule has 26 heavy (non-hydrogen) atoms. The van der Waals surface area contributed by atoms with Crippen LogP contribution >= 0.6 is 0 Å². The highest BCUT2D eigenvalue weighted by molar-refractivity contribution is 7.89. The minimum absolute atomic E-state index is 0.177. The van der Waals surface area contributed by atoms with Gasteiger partial charge in [-0.1, -0.05) is 29.8 Å². The van der Waals surface area contributed by atoms with Crippen molar-refractivity contribution in [2.24, 2.45) is 0 Å². The quantitative estimate of drug-likeness (QED) is 0.821. The highest BCUT2D eigenvalue weighted by Crippen LogP contribution is 2.30. The van der Waals surface area contributed by atoms with Gasteiger partial charge in [0.25, 0.3) is 0 Å². The first-order chi connectivity index (χ1) is 12.3. The average molecular weight is 375 g/mol. The normalized spacial score (nSPS) is 21.5. The molecule has 0 spiro atoms. The number of aryl methyl sites for hydroxylation is 2. The van der Waals surface area contributed by atoms with Gasteiger partial charge in [-0.05, 0) is 50.1 Å². The molecule has 2 atom stereocenters. The van der Waals surface area contributed by atoms with Gasteiger partial charge in [-0.3, -0.25) is 0 Å². The van der Waals surface area contributed by atoms with Crippen LogP contribution < -0.4 is 4.74 Å². The number of methoxy groups -OCH3 is 1. The summed E-state index contributed by atoms with van der Waals surface area (Å²) in [6, 6.07) is 13.0. The predicted octanol–water partition coefficient (Wildman–Crippen LogP) is 3.46. The Morgan fingerprint density at radius 2 is 1.77 bits per heavy atom. The fourth-order valence-corrected chi connectivity index (χ4v) is 4.84. The van der Waals surface area contributed by atoms with E-state index in [0.29, 0.717) is 18.8 Å². The van der Waals surface area contributed by atoms with Crippen LogP contribution in [0.25, 0.3) is 0 Å². The van der Waals surface area contributed by atoms with Crippen molar-refractivity contribution < 1.29 is 17.9 Å². The third kappa shape index (κ3) is 3.77. The first kappa shape index (κ1) is 18.9. The molecular formula is C20H25NO4S. The second-order valence-electron chi connectivity index (χ2n) is 6.80. The molecule has 3 rings (SSSR count).